The van der Waals surface area contributed by atoms with Gasteiger partial charge in [-0.15, -0.1) is 6.54 Å². The summed E-state index contributed by atoms with van der Waals surface area (Å²) in [6.07, 6.45) is 0.462. The molecule has 0 aromatic rings. The predicted molar refractivity (Wildman–Crippen MR) is 56.1 cm³/mol. The number of carbonyl (C=O) groups is 1. The first-order valence-corrected chi connectivity index (χ1v) is 5.17. The Hall–Kier alpha value is 0.614. The topological polar surface area (TPSA) is 69.9 Å². The fraction of sp³-hybridized carbons (Fsp3) is 0.900. The van der Waals surface area contributed by atoms with Crippen LogP contribution >= 0.6 is 0 Å². The number of ketones is 1. The molecule has 0 aliphatic heterocycles. The molecule has 6 heteroatoms. The van der Waals surface area contributed by atoms with Gasteiger partial charge in [0.25, 0.3) is 0 Å². The van der Waals surface area contributed by atoms with Crippen LogP contribution in [0.25, 0.3) is 5.48 Å². The van der Waals surface area contributed by atoms with E-state index in [-0.39, 0.29) is 51.0 Å². The Morgan fingerprint density at radius 3 is 2.25 bits per heavy atom. The van der Waals surface area contributed by atoms with Crippen molar-refractivity contribution in [1.29, 1.82) is 0 Å². The first-order valence-electron chi connectivity index (χ1n) is 5.17. The number of nitrogens with zero attached hydrogens (tertiary/aromatic N) is 1. The number of hydrogen-bond donors (Lipinski definition) is 1. The standard InChI is InChI=1S/C10H20NO4.Y/c1-9(2)10(12)3-5-14-7-8-15-6-4-11-13;/h9,13H,3-8H2,1-2H3;/q-1;. The van der Waals surface area contributed by atoms with Crippen molar-refractivity contribution in [2.75, 3.05) is 33.0 Å². The van der Waals surface area contributed by atoms with E-state index in [4.69, 9.17) is 14.7 Å². The summed E-state index contributed by atoms with van der Waals surface area (Å²) in [6.45, 7) is 5.82. The molecule has 0 rings (SSSR count). The summed E-state index contributed by atoms with van der Waals surface area (Å²) in [4.78, 5) is 11.2. The number of ether oxygens (including phenoxy) is 2. The summed E-state index contributed by atoms with van der Waals surface area (Å²) >= 11 is 0. The van der Waals surface area contributed by atoms with Gasteiger partial charge in [0, 0.05) is 51.7 Å². The Balaban J connectivity index is 0. The maximum Gasteiger partial charge on any atom is 0.137 e. The molecule has 0 aromatic heterocycles. The average molecular weight is 307 g/mol. The third-order valence-electron chi connectivity index (χ3n) is 1.84. The van der Waals surface area contributed by atoms with Gasteiger partial charge in [0.15, 0.2) is 0 Å². The monoisotopic (exact) mass is 307 g/mol. The quantitative estimate of drug-likeness (QED) is 0.489. The van der Waals surface area contributed by atoms with Gasteiger partial charge in [0.05, 0.1) is 19.8 Å². The number of carbonyl (C=O) groups excluding carboxylic acids is 1. The van der Waals surface area contributed by atoms with Gasteiger partial charge in [-0.2, -0.15) is 0 Å². The van der Waals surface area contributed by atoms with Gasteiger partial charge in [-0.05, 0) is 0 Å². The van der Waals surface area contributed by atoms with E-state index in [1.54, 1.807) is 0 Å². The fourth-order valence-corrected chi connectivity index (χ4v) is 0.889. The molecule has 0 aromatic carbocycles. The maximum atomic E-state index is 11.2. The zero-order valence-corrected chi connectivity index (χ0v) is 12.9. The normalized spacial score (nSPS) is 10.2. The van der Waals surface area contributed by atoms with E-state index in [1.165, 1.54) is 0 Å². The second-order valence-corrected chi connectivity index (χ2v) is 3.46. The van der Waals surface area contributed by atoms with Crippen molar-refractivity contribution in [2.24, 2.45) is 5.92 Å². The molecule has 0 heterocycles. The molecule has 0 bridgehead atoms. The Labute approximate surface area is 122 Å². The van der Waals surface area contributed by atoms with Gasteiger partial charge in [-0.25, -0.2) is 0 Å². The SMILES string of the molecule is CC(C)C(=O)CCOCCOCC[N-]O.[Y]. The second kappa shape index (κ2) is 13.7. The summed E-state index contributed by atoms with van der Waals surface area (Å²) in [6, 6.07) is 0. The Morgan fingerprint density at radius 1 is 1.19 bits per heavy atom. The molecule has 93 valence electrons. The molecule has 0 saturated heterocycles. The van der Waals surface area contributed by atoms with Gasteiger partial charge < -0.3 is 20.2 Å². The molecule has 0 aliphatic carbocycles. The van der Waals surface area contributed by atoms with E-state index in [2.05, 4.69) is 5.48 Å². The van der Waals surface area contributed by atoms with Crippen LogP contribution in [0.2, 0.25) is 0 Å². The molecular formula is C10H20NO4Y-. The summed E-state index contributed by atoms with van der Waals surface area (Å²) in [5.41, 5.74) is 2.90. The molecule has 0 amide bonds. The van der Waals surface area contributed by atoms with Crippen molar-refractivity contribution < 1.29 is 52.2 Å². The van der Waals surface area contributed by atoms with Crippen LogP contribution in [-0.4, -0.2) is 44.0 Å². The Morgan fingerprint density at radius 2 is 1.75 bits per heavy atom. The molecule has 0 spiro atoms. The van der Waals surface area contributed by atoms with E-state index in [1.807, 2.05) is 13.8 Å². The molecule has 5 nitrogen and oxygen atoms in total. The van der Waals surface area contributed by atoms with Crippen LogP contribution in [0.15, 0.2) is 0 Å². The third kappa shape index (κ3) is 12.7. The van der Waals surface area contributed by atoms with Crippen LogP contribution < -0.4 is 0 Å². The van der Waals surface area contributed by atoms with Crippen molar-refractivity contribution in [3.63, 3.8) is 0 Å². The number of hydroxylamine groups is 1. The van der Waals surface area contributed by atoms with E-state index in [9.17, 15) is 4.79 Å². The summed E-state index contributed by atoms with van der Waals surface area (Å²) in [7, 11) is 0. The van der Waals surface area contributed by atoms with E-state index in [0.29, 0.717) is 32.8 Å². The predicted octanol–water partition coefficient (Wildman–Crippen LogP) is 1.40. The molecule has 0 atom stereocenters. The molecular weight excluding hydrogens is 287 g/mol. The fourth-order valence-electron chi connectivity index (χ4n) is 0.889. The van der Waals surface area contributed by atoms with E-state index >= 15 is 0 Å². The largest absolute Gasteiger partial charge is 0.536 e. The van der Waals surface area contributed by atoms with Gasteiger partial charge in [0.2, 0.25) is 0 Å². The second-order valence-electron chi connectivity index (χ2n) is 3.46. The Bertz CT molecular complexity index is 167. The maximum absolute atomic E-state index is 11.2. The van der Waals surface area contributed by atoms with Crippen molar-refractivity contribution >= 4 is 5.78 Å². The number of rotatable bonds is 10. The van der Waals surface area contributed by atoms with Crippen LogP contribution in [0.5, 0.6) is 0 Å². The molecule has 16 heavy (non-hydrogen) atoms. The molecule has 0 saturated carbocycles. The molecule has 0 unspecified atom stereocenters. The van der Waals surface area contributed by atoms with Crippen LogP contribution in [0.4, 0.5) is 0 Å². The van der Waals surface area contributed by atoms with Crippen LogP contribution in [-0.2, 0) is 47.0 Å². The van der Waals surface area contributed by atoms with Crippen molar-refractivity contribution in [3.05, 3.63) is 5.48 Å². The first-order chi connectivity index (χ1) is 7.18. The zero-order chi connectivity index (χ0) is 11.5. The van der Waals surface area contributed by atoms with Gasteiger partial charge in [-0.3, -0.25) is 4.79 Å². The molecule has 0 fully saturated rings. The minimum absolute atomic E-state index is 0. The minimum atomic E-state index is 0. The van der Waals surface area contributed by atoms with Crippen molar-refractivity contribution in [2.45, 2.75) is 20.3 Å². The van der Waals surface area contributed by atoms with E-state index in [0.717, 1.165) is 0 Å². The van der Waals surface area contributed by atoms with Crippen LogP contribution in [0.3, 0.4) is 0 Å². The van der Waals surface area contributed by atoms with Crippen LogP contribution in [0.1, 0.15) is 20.3 Å². The number of hydrogen-bond acceptors (Lipinski definition) is 4. The zero-order valence-electron chi connectivity index (χ0n) is 10.0. The average Bonchev–Trinajstić information content (AvgIpc) is 2.21. The molecule has 1 radical (unpaired) electrons. The van der Waals surface area contributed by atoms with E-state index < -0.39 is 0 Å². The van der Waals surface area contributed by atoms with Crippen molar-refractivity contribution in [1.82, 2.24) is 0 Å². The summed E-state index contributed by atoms with van der Waals surface area (Å²) in [5, 5.41) is 8.10. The van der Waals surface area contributed by atoms with Gasteiger partial charge in [0.1, 0.15) is 5.78 Å². The first kappa shape index (κ1) is 19.0. The van der Waals surface area contributed by atoms with Crippen molar-refractivity contribution in [3.8, 4) is 0 Å². The minimum Gasteiger partial charge on any atom is -0.536 e. The third-order valence-corrected chi connectivity index (χ3v) is 1.84. The summed E-state index contributed by atoms with van der Waals surface area (Å²) < 4.78 is 10.3. The van der Waals surface area contributed by atoms with Crippen LogP contribution in [0, 0.1) is 5.92 Å². The smallest absolute Gasteiger partial charge is 0.137 e. The summed E-state index contributed by atoms with van der Waals surface area (Å²) in [5.74, 6) is 0.297. The number of Topliss-reactive ketones (excluding diaryl/α,β-unsaturated/α-hetero) is 1. The Kier molecular flexibility index (Phi) is 16.2. The molecule has 1 N–H and O–H groups in total. The van der Waals surface area contributed by atoms with Gasteiger partial charge in [-0.1, -0.05) is 13.8 Å². The molecule has 0 aliphatic rings. The van der Waals surface area contributed by atoms with Gasteiger partial charge >= 0.3 is 0 Å².